The van der Waals surface area contributed by atoms with Crippen molar-refractivity contribution < 1.29 is 9.53 Å². The molecule has 0 aliphatic heterocycles. The summed E-state index contributed by atoms with van der Waals surface area (Å²) < 4.78 is 5.59. The van der Waals surface area contributed by atoms with Gasteiger partial charge >= 0.3 is 0 Å². The molecule has 0 fully saturated rings. The molecule has 2 N–H and O–H groups in total. The highest BCUT2D eigenvalue weighted by Gasteiger charge is 2.16. The highest BCUT2D eigenvalue weighted by molar-refractivity contribution is 7.98. The molecule has 7 heteroatoms. The zero-order chi connectivity index (χ0) is 15.7. The van der Waals surface area contributed by atoms with Crippen LogP contribution in [0.15, 0.2) is 24.3 Å². The van der Waals surface area contributed by atoms with Gasteiger partial charge in [0.05, 0.1) is 12.6 Å². The molecule has 0 aromatic heterocycles. The Balaban J connectivity index is 0.00000441. The van der Waals surface area contributed by atoms with E-state index in [1.165, 1.54) is 0 Å². The van der Waals surface area contributed by atoms with E-state index in [2.05, 4.69) is 0 Å². The second kappa shape index (κ2) is 11.9. The van der Waals surface area contributed by atoms with Gasteiger partial charge in [0.25, 0.3) is 0 Å². The van der Waals surface area contributed by atoms with Crippen molar-refractivity contribution in [2.45, 2.75) is 18.9 Å². The maximum Gasteiger partial charge on any atom is 0.239 e. The fraction of sp³-hybridized carbons (Fsp3) is 0.533. The molecular formula is C15H24Cl2N2O2S. The van der Waals surface area contributed by atoms with Gasteiger partial charge in [-0.3, -0.25) is 4.79 Å². The maximum atomic E-state index is 12.0. The smallest absolute Gasteiger partial charge is 0.239 e. The van der Waals surface area contributed by atoms with Crippen LogP contribution in [0, 0.1) is 0 Å². The second-order valence-corrected chi connectivity index (χ2v) is 6.23. The zero-order valence-electron chi connectivity index (χ0n) is 13.0. The van der Waals surface area contributed by atoms with Gasteiger partial charge in [0.2, 0.25) is 5.91 Å². The molecule has 1 rings (SSSR count). The molecule has 0 saturated carbocycles. The fourth-order valence-corrected chi connectivity index (χ4v) is 2.40. The molecule has 22 heavy (non-hydrogen) atoms. The molecule has 0 aliphatic rings. The van der Waals surface area contributed by atoms with Crippen molar-refractivity contribution in [2.75, 3.05) is 32.2 Å². The third-order valence-electron chi connectivity index (χ3n) is 3.05. The van der Waals surface area contributed by atoms with Gasteiger partial charge in [-0.1, -0.05) is 11.6 Å². The minimum Gasteiger partial charge on any atom is -0.494 e. The van der Waals surface area contributed by atoms with Gasteiger partial charge < -0.3 is 15.4 Å². The van der Waals surface area contributed by atoms with Crippen LogP contribution in [0.2, 0.25) is 5.02 Å². The summed E-state index contributed by atoms with van der Waals surface area (Å²) in [7, 11) is 1.78. The minimum absolute atomic E-state index is 0. The number of ether oxygens (including phenoxy) is 1. The third-order valence-corrected chi connectivity index (χ3v) is 3.94. The summed E-state index contributed by atoms with van der Waals surface area (Å²) in [6.07, 6.45) is 3.49. The largest absolute Gasteiger partial charge is 0.494 e. The van der Waals surface area contributed by atoms with Gasteiger partial charge in [0.15, 0.2) is 0 Å². The summed E-state index contributed by atoms with van der Waals surface area (Å²) in [6, 6.07) is 6.83. The van der Waals surface area contributed by atoms with Gasteiger partial charge in [-0.2, -0.15) is 11.8 Å². The first kappa shape index (κ1) is 21.4. The summed E-state index contributed by atoms with van der Waals surface area (Å²) in [5.41, 5.74) is 5.87. The number of amides is 1. The maximum absolute atomic E-state index is 12.0. The molecule has 1 amide bonds. The van der Waals surface area contributed by atoms with Crippen LogP contribution in [0.5, 0.6) is 5.75 Å². The number of hydrogen-bond acceptors (Lipinski definition) is 4. The number of rotatable bonds is 9. The van der Waals surface area contributed by atoms with Crippen LogP contribution in [-0.2, 0) is 4.79 Å². The van der Waals surface area contributed by atoms with Gasteiger partial charge in [-0.25, -0.2) is 0 Å². The van der Waals surface area contributed by atoms with E-state index in [0.29, 0.717) is 24.6 Å². The Bertz CT molecular complexity index is 432. The zero-order valence-corrected chi connectivity index (χ0v) is 15.3. The summed E-state index contributed by atoms with van der Waals surface area (Å²) in [4.78, 5) is 13.7. The van der Waals surface area contributed by atoms with Crippen LogP contribution in [0.3, 0.4) is 0 Å². The van der Waals surface area contributed by atoms with Crippen LogP contribution in [0.25, 0.3) is 0 Å². The van der Waals surface area contributed by atoms with Crippen molar-refractivity contribution in [2.24, 2.45) is 5.73 Å². The Morgan fingerprint density at radius 1 is 1.41 bits per heavy atom. The van der Waals surface area contributed by atoms with Gasteiger partial charge in [-0.05, 0) is 49.1 Å². The first-order chi connectivity index (χ1) is 10.0. The lowest BCUT2D eigenvalue weighted by Gasteiger charge is -2.21. The molecule has 1 aromatic rings. The van der Waals surface area contributed by atoms with Crippen LogP contribution >= 0.6 is 35.8 Å². The van der Waals surface area contributed by atoms with Crippen LogP contribution in [-0.4, -0.2) is 49.1 Å². The lowest BCUT2D eigenvalue weighted by Crippen LogP contribution is -2.42. The van der Waals surface area contributed by atoms with Gasteiger partial charge in [-0.15, -0.1) is 12.4 Å². The highest BCUT2D eigenvalue weighted by Crippen LogP contribution is 2.15. The van der Waals surface area contributed by atoms with Crippen molar-refractivity contribution in [1.82, 2.24) is 4.90 Å². The van der Waals surface area contributed by atoms with E-state index in [1.807, 2.05) is 18.4 Å². The van der Waals surface area contributed by atoms with E-state index in [1.54, 1.807) is 35.8 Å². The second-order valence-electron chi connectivity index (χ2n) is 4.80. The molecule has 0 unspecified atom stereocenters. The first-order valence-electron chi connectivity index (χ1n) is 6.92. The van der Waals surface area contributed by atoms with Crippen molar-refractivity contribution >= 4 is 41.7 Å². The molecule has 1 atom stereocenters. The van der Waals surface area contributed by atoms with E-state index in [4.69, 9.17) is 22.1 Å². The number of carbonyl (C=O) groups is 1. The number of benzene rings is 1. The standard InChI is InChI=1S/C15H23ClN2O2S.ClH/c1-18(15(19)14(17)8-11-21-2)9-3-10-20-13-6-4-12(16)5-7-13;/h4-7,14H,3,8-11,17H2,1-2H3;1H/t14-;/m0./s1. The number of halogens is 2. The molecule has 0 spiro atoms. The van der Waals surface area contributed by atoms with Gasteiger partial charge in [0, 0.05) is 18.6 Å². The highest BCUT2D eigenvalue weighted by atomic mass is 35.5. The normalized spacial score (nSPS) is 11.5. The predicted molar refractivity (Wildman–Crippen MR) is 97.4 cm³/mol. The lowest BCUT2D eigenvalue weighted by molar-refractivity contribution is -0.131. The first-order valence-corrected chi connectivity index (χ1v) is 8.69. The summed E-state index contributed by atoms with van der Waals surface area (Å²) in [5, 5.41) is 0.687. The number of hydrogen-bond donors (Lipinski definition) is 1. The number of likely N-dealkylation sites (N-methyl/N-ethyl adjacent to an activating group) is 1. The SMILES string of the molecule is CSCC[C@H](N)C(=O)N(C)CCCOc1ccc(Cl)cc1.Cl. The summed E-state index contributed by atoms with van der Waals surface area (Å²) in [5.74, 6) is 1.68. The average molecular weight is 367 g/mol. The Morgan fingerprint density at radius 2 is 2.05 bits per heavy atom. The molecule has 0 bridgehead atoms. The lowest BCUT2D eigenvalue weighted by atomic mass is 10.2. The van der Waals surface area contributed by atoms with Crippen LogP contribution in [0.1, 0.15) is 12.8 Å². The fourth-order valence-electron chi connectivity index (χ4n) is 1.78. The van der Waals surface area contributed by atoms with E-state index < -0.39 is 6.04 Å². The molecular weight excluding hydrogens is 343 g/mol. The molecule has 0 saturated heterocycles. The number of nitrogens with two attached hydrogens (primary N) is 1. The van der Waals surface area contributed by atoms with Crippen molar-refractivity contribution in [1.29, 1.82) is 0 Å². The molecule has 126 valence electrons. The quantitative estimate of drug-likeness (QED) is 0.682. The summed E-state index contributed by atoms with van der Waals surface area (Å²) in [6.45, 7) is 1.19. The van der Waals surface area contributed by atoms with Crippen molar-refractivity contribution in [3.05, 3.63) is 29.3 Å². The van der Waals surface area contributed by atoms with Gasteiger partial charge in [0.1, 0.15) is 5.75 Å². The Labute approximate surface area is 148 Å². The Kier molecular flexibility index (Phi) is 11.5. The summed E-state index contributed by atoms with van der Waals surface area (Å²) >= 11 is 7.50. The topological polar surface area (TPSA) is 55.6 Å². The molecule has 0 radical (unpaired) electrons. The monoisotopic (exact) mass is 366 g/mol. The number of thioether (sulfide) groups is 1. The van der Waals surface area contributed by atoms with Crippen molar-refractivity contribution in [3.63, 3.8) is 0 Å². The number of carbonyl (C=O) groups excluding carboxylic acids is 1. The van der Waals surface area contributed by atoms with E-state index in [-0.39, 0.29) is 18.3 Å². The Morgan fingerprint density at radius 3 is 2.64 bits per heavy atom. The molecule has 4 nitrogen and oxygen atoms in total. The van der Waals surface area contributed by atoms with Crippen LogP contribution in [0.4, 0.5) is 0 Å². The minimum atomic E-state index is -0.403. The third kappa shape index (κ3) is 8.13. The molecule has 0 heterocycles. The van der Waals surface area contributed by atoms with E-state index >= 15 is 0 Å². The predicted octanol–water partition coefficient (Wildman–Crippen LogP) is 3.07. The van der Waals surface area contributed by atoms with Crippen molar-refractivity contribution in [3.8, 4) is 5.75 Å². The molecule has 1 aromatic carbocycles. The van der Waals surface area contributed by atoms with E-state index in [9.17, 15) is 4.79 Å². The van der Waals surface area contributed by atoms with Crippen LogP contribution < -0.4 is 10.5 Å². The average Bonchev–Trinajstić information content (AvgIpc) is 2.49. The molecule has 0 aliphatic carbocycles. The number of nitrogens with zero attached hydrogens (tertiary/aromatic N) is 1. The Hall–Kier alpha value is -0.620. The van der Waals surface area contributed by atoms with E-state index in [0.717, 1.165) is 17.9 Å².